The van der Waals surface area contributed by atoms with Gasteiger partial charge in [0.1, 0.15) is 5.75 Å². The first-order valence-electron chi connectivity index (χ1n) is 6.46. The van der Waals surface area contributed by atoms with Gasteiger partial charge in [-0.25, -0.2) is 0 Å². The molecule has 0 radical (unpaired) electrons. The fourth-order valence-electron chi connectivity index (χ4n) is 2.06. The van der Waals surface area contributed by atoms with Crippen molar-refractivity contribution >= 4 is 5.69 Å². The molecule has 1 aromatic rings. The van der Waals surface area contributed by atoms with E-state index in [1.54, 1.807) is 0 Å². The number of hydrogen-bond donors (Lipinski definition) is 1. The highest BCUT2D eigenvalue weighted by Gasteiger charge is 2.15. The predicted octanol–water partition coefficient (Wildman–Crippen LogP) is 2.22. The van der Waals surface area contributed by atoms with E-state index in [1.807, 2.05) is 25.1 Å². The zero-order valence-electron chi connectivity index (χ0n) is 10.9. The standard InChI is InChI=1S/C14H21NO3/c1-2-18-14-4-3-13(15)7-12(14)10-17-9-11-5-6-16-8-11/h3-4,7,11H,2,5-6,8-10,15H2,1H3. The fourth-order valence-corrected chi connectivity index (χ4v) is 2.06. The highest BCUT2D eigenvalue weighted by Crippen LogP contribution is 2.23. The Balaban J connectivity index is 1.88. The molecule has 100 valence electrons. The van der Waals surface area contributed by atoms with Crippen LogP contribution in [-0.4, -0.2) is 26.4 Å². The molecule has 1 saturated heterocycles. The van der Waals surface area contributed by atoms with Gasteiger partial charge in [0.2, 0.25) is 0 Å². The van der Waals surface area contributed by atoms with Crippen molar-refractivity contribution in [2.24, 2.45) is 5.92 Å². The van der Waals surface area contributed by atoms with Gasteiger partial charge < -0.3 is 19.9 Å². The smallest absolute Gasteiger partial charge is 0.124 e. The van der Waals surface area contributed by atoms with Crippen molar-refractivity contribution in [3.8, 4) is 5.75 Å². The molecule has 2 rings (SSSR count). The number of rotatable bonds is 6. The van der Waals surface area contributed by atoms with Crippen molar-refractivity contribution in [3.63, 3.8) is 0 Å². The molecule has 1 aliphatic rings. The first-order chi connectivity index (χ1) is 8.79. The molecule has 0 aliphatic carbocycles. The molecule has 1 aromatic carbocycles. The number of hydrogen-bond acceptors (Lipinski definition) is 4. The largest absolute Gasteiger partial charge is 0.494 e. The van der Waals surface area contributed by atoms with Crippen LogP contribution in [-0.2, 0) is 16.1 Å². The van der Waals surface area contributed by atoms with Crippen molar-refractivity contribution in [2.75, 3.05) is 32.2 Å². The van der Waals surface area contributed by atoms with E-state index in [0.29, 0.717) is 19.1 Å². The van der Waals surface area contributed by atoms with E-state index < -0.39 is 0 Å². The molecule has 0 spiro atoms. The van der Waals surface area contributed by atoms with Crippen molar-refractivity contribution in [1.82, 2.24) is 0 Å². The van der Waals surface area contributed by atoms with Crippen LogP contribution in [0.1, 0.15) is 18.9 Å². The zero-order chi connectivity index (χ0) is 12.8. The zero-order valence-corrected chi connectivity index (χ0v) is 10.9. The fraction of sp³-hybridized carbons (Fsp3) is 0.571. The molecular weight excluding hydrogens is 230 g/mol. The molecule has 1 fully saturated rings. The SMILES string of the molecule is CCOc1ccc(N)cc1COCC1CCOC1. The van der Waals surface area contributed by atoms with Crippen molar-refractivity contribution in [1.29, 1.82) is 0 Å². The van der Waals surface area contributed by atoms with Crippen LogP contribution >= 0.6 is 0 Å². The molecule has 1 atom stereocenters. The molecule has 0 saturated carbocycles. The van der Waals surface area contributed by atoms with Crippen molar-refractivity contribution in [3.05, 3.63) is 23.8 Å². The predicted molar refractivity (Wildman–Crippen MR) is 70.6 cm³/mol. The van der Waals surface area contributed by atoms with Gasteiger partial charge in [-0.3, -0.25) is 0 Å². The molecule has 18 heavy (non-hydrogen) atoms. The summed E-state index contributed by atoms with van der Waals surface area (Å²) in [7, 11) is 0. The Morgan fingerprint density at radius 1 is 1.44 bits per heavy atom. The average Bonchev–Trinajstić information content (AvgIpc) is 2.86. The number of nitrogen functional groups attached to an aromatic ring is 1. The number of anilines is 1. The Hall–Kier alpha value is -1.26. The minimum absolute atomic E-state index is 0.529. The van der Waals surface area contributed by atoms with Gasteiger partial charge in [0.25, 0.3) is 0 Å². The highest BCUT2D eigenvalue weighted by molar-refractivity contribution is 5.47. The molecule has 0 aromatic heterocycles. The van der Waals surface area contributed by atoms with Crippen LogP contribution < -0.4 is 10.5 Å². The average molecular weight is 251 g/mol. The van der Waals surface area contributed by atoms with Gasteiger partial charge in [0.15, 0.2) is 0 Å². The molecule has 1 aliphatic heterocycles. The molecule has 0 bridgehead atoms. The Bertz CT molecular complexity index is 375. The van der Waals surface area contributed by atoms with Gasteiger partial charge in [0.05, 0.1) is 26.4 Å². The summed E-state index contributed by atoms with van der Waals surface area (Å²) in [5.74, 6) is 1.39. The van der Waals surface area contributed by atoms with E-state index in [-0.39, 0.29) is 0 Å². The van der Waals surface area contributed by atoms with E-state index in [4.69, 9.17) is 19.9 Å². The normalized spacial score (nSPS) is 19.1. The van der Waals surface area contributed by atoms with Crippen LogP contribution in [0, 0.1) is 5.92 Å². The van der Waals surface area contributed by atoms with Crippen molar-refractivity contribution < 1.29 is 14.2 Å². The molecule has 1 heterocycles. The van der Waals surface area contributed by atoms with Crippen LogP contribution in [0.15, 0.2) is 18.2 Å². The lowest BCUT2D eigenvalue weighted by Crippen LogP contribution is -2.10. The Morgan fingerprint density at radius 3 is 3.06 bits per heavy atom. The molecule has 4 heteroatoms. The second kappa shape index (κ2) is 6.61. The summed E-state index contributed by atoms with van der Waals surface area (Å²) < 4.78 is 16.6. The maximum atomic E-state index is 5.79. The lowest BCUT2D eigenvalue weighted by Gasteiger charge is -2.13. The molecule has 2 N–H and O–H groups in total. The summed E-state index contributed by atoms with van der Waals surface area (Å²) >= 11 is 0. The molecule has 4 nitrogen and oxygen atoms in total. The molecular formula is C14H21NO3. The lowest BCUT2D eigenvalue weighted by molar-refractivity contribution is 0.0777. The second-order valence-corrected chi connectivity index (χ2v) is 4.54. The number of benzene rings is 1. The van der Waals surface area contributed by atoms with Gasteiger partial charge >= 0.3 is 0 Å². The number of nitrogens with two attached hydrogens (primary N) is 1. The maximum Gasteiger partial charge on any atom is 0.124 e. The van der Waals surface area contributed by atoms with Crippen LogP contribution in [0.4, 0.5) is 5.69 Å². The monoisotopic (exact) mass is 251 g/mol. The molecule has 1 unspecified atom stereocenters. The third-order valence-electron chi connectivity index (χ3n) is 3.02. The van der Waals surface area contributed by atoms with Crippen LogP contribution in [0.3, 0.4) is 0 Å². The minimum Gasteiger partial charge on any atom is -0.494 e. The van der Waals surface area contributed by atoms with Crippen LogP contribution in [0.2, 0.25) is 0 Å². The van der Waals surface area contributed by atoms with Gasteiger partial charge in [-0.1, -0.05) is 0 Å². The Labute approximate surface area is 108 Å². The summed E-state index contributed by atoms with van der Waals surface area (Å²) in [4.78, 5) is 0. The van der Waals surface area contributed by atoms with E-state index in [2.05, 4.69) is 0 Å². The third-order valence-corrected chi connectivity index (χ3v) is 3.02. The Kier molecular flexibility index (Phi) is 4.84. The number of ether oxygens (including phenoxy) is 3. The minimum atomic E-state index is 0.529. The van der Waals surface area contributed by atoms with Gasteiger partial charge in [0, 0.05) is 23.8 Å². The summed E-state index contributed by atoms with van der Waals surface area (Å²) in [6, 6.07) is 5.66. The maximum absolute atomic E-state index is 5.79. The van der Waals surface area contributed by atoms with Crippen molar-refractivity contribution in [2.45, 2.75) is 20.0 Å². The van der Waals surface area contributed by atoms with E-state index in [0.717, 1.165) is 43.2 Å². The van der Waals surface area contributed by atoms with E-state index in [1.165, 1.54) is 0 Å². The summed E-state index contributed by atoms with van der Waals surface area (Å²) in [6.45, 7) is 5.56. The third kappa shape index (κ3) is 3.62. The van der Waals surface area contributed by atoms with Gasteiger partial charge in [-0.15, -0.1) is 0 Å². The quantitative estimate of drug-likeness (QED) is 0.788. The van der Waals surface area contributed by atoms with Gasteiger partial charge in [-0.05, 0) is 31.5 Å². The van der Waals surface area contributed by atoms with Crippen LogP contribution in [0.25, 0.3) is 0 Å². The topological polar surface area (TPSA) is 53.7 Å². The van der Waals surface area contributed by atoms with Gasteiger partial charge in [-0.2, -0.15) is 0 Å². The summed E-state index contributed by atoms with van der Waals surface area (Å²) in [6.07, 6.45) is 1.09. The second-order valence-electron chi connectivity index (χ2n) is 4.54. The summed E-state index contributed by atoms with van der Waals surface area (Å²) in [5, 5.41) is 0. The van der Waals surface area contributed by atoms with E-state index >= 15 is 0 Å². The van der Waals surface area contributed by atoms with E-state index in [9.17, 15) is 0 Å². The molecule has 0 amide bonds. The lowest BCUT2D eigenvalue weighted by atomic mass is 10.1. The summed E-state index contributed by atoms with van der Waals surface area (Å²) in [5.41, 5.74) is 7.53. The first-order valence-corrected chi connectivity index (χ1v) is 6.46. The first kappa shape index (κ1) is 13.2. The Morgan fingerprint density at radius 2 is 2.33 bits per heavy atom. The highest BCUT2D eigenvalue weighted by atomic mass is 16.5. The van der Waals surface area contributed by atoms with Crippen LogP contribution in [0.5, 0.6) is 5.75 Å².